The summed E-state index contributed by atoms with van der Waals surface area (Å²) in [6.45, 7) is 9.34. The summed E-state index contributed by atoms with van der Waals surface area (Å²) in [6, 6.07) is 14.4. The number of carbonyl (C=O) groups is 2. The van der Waals surface area contributed by atoms with E-state index in [0.29, 0.717) is 0 Å². The highest BCUT2D eigenvalue weighted by Gasteiger charge is 2.21. The largest absolute Gasteiger partial charge is 0.460 e. The monoisotopic (exact) mass is 465 g/mol. The fourth-order valence-corrected chi connectivity index (χ4v) is 4.04. The summed E-state index contributed by atoms with van der Waals surface area (Å²) in [4.78, 5) is 24.2. The third-order valence-electron chi connectivity index (χ3n) is 5.27. The number of halogens is 1. The fraction of sp³-hybridized carbons (Fsp3) is 0.357. The minimum atomic E-state index is -1.06. The topological polar surface area (TPSA) is 68.5 Å². The molecular formula is C28H32FNO4. The zero-order valence-corrected chi connectivity index (χ0v) is 20.3. The van der Waals surface area contributed by atoms with Crippen molar-refractivity contribution in [2.45, 2.75) is 65.2 Å². The van der Waals surface area contributed by atoms with Crippen molar-refractivity contribution in [3.8, 4) is 11.1 Å². The highest BCUT2D eigenvalue weighted by Crippen LogP contribution is 2.38. The van der Waals surface area contributed by atoms with Gasteiger partial charge in [0.15, 0.2) is 0 Å². The number of esters is 1. The second kappa shape index (κ2) is 10.3. The second-order valence-electron chi connectivity index (χ2n) is 9.68. The molecule has 1 heterocycles. The molecular weight excluding hydrogens is 433 g/mol. The van der Waals surface area contributed by atoms with Crippen LogP contribution in [-0.2, 0) is 14.3 Å². The first kappa shape index (κ1) is 25.4. The molecule has 3 rings (SSSR count). The molecule has 1 N–H and O–H groups in total. The van der Waals surface area contributed by atoms with Crippen LogP contribution < -0.4 is 0 Å². The van der Waals surface area contributed by atoms with Crippen LogP contribution in [0.15, 0.2) is 54.6 Å². The Balaban J connectivity index is 1.92. The van der Waals surface area contributed by atoms with Crippen molar-refractivity contribution >= 4 is 28.7 Å². The van der Waals surface area contributed by atoms with Crippen LogP contribution in [0.4, 0.5) is 4.39 Å². The van der Waals surface area contributed by atoms with Gasteiger partial charge in [0.25, 0.3) is 0 Å². The summed E-state index contributed by atoms with van der Waals surface area (Å²) in [5, 5.41) is 11.5. The van der Waals surface area contributed by atoms with Crippen LogP contribution in [0.3, 0.4) is 0 Å². The minimum Gasteiger partial charge on any atom is -0.460 e. The molecule has 1 atom stereocenters. The van der Waals surface area contributed by atoms with Gasteiger partial charge in [-0.05, 0) is 64.5 Å². The molecule has 0 bridgehead atoms. The van der Waals surface area contributed by atoms with Crippen molar-refractivity contribution < 1.29 is 23.8 Å². The number of aliphatic hydroxyl groups is 1. The summed E-state index contributed by atoms with van der Waals surface area (Å²) in [5.74, 6) is -1.31. The average Bonchev–Trinajstić information content (AvgIpc) is 3.05. The Morgan fingerprint density at radius 2 is 1.74 bits per heavy atom. The van der Waals surface area contributed by atoms with E-state index in [4.69, 9.17) is 4.74 Å². The number of carbonyl (C=O) groups excluding carboxylic acids is 2. The van der Waals surface area contributed by atoms with Gasteiger partial charge in [0.05, 0.1) is 6.10 Å². The second-order valence-corrected chi connectivity index (χ2v) is 9.68. The normalized spacial score (nSPS) is 13.1. The van der Waals surface area contributed by atoms with Gasteiger partial charge in [-0.1, -0.05) is 36.4 Å². The summed E-state index contributed by atoms with van der Waals surface area (Å²) in [5.41, 5.74) is 2.98. The lowest BCUT2D eigenvalue weighted by atomic mass is 10.0. The summed E-state index contributed by atoms with van der Waals surface area (Å²) < 4.78 is 20.9. The molecule has 3 aromatic rings. The quantitative estimate of drug-likeness (QED) is 0.323. The lowest BCUT2D eigenvalue weighted by Crippen LogP contribution is -2.26. The van der Waals surface area contributed by atoms with Crippen LogP contribution in [0.1, 0.15) is 59.2 Å². The summed E-state index contributed by atoms with van der Waals surface area (Å²) in [7, 11) is 0. The average molecular weight is 466 g/mol. The van der Waals surface area contributed by atoms with Crippen molar-refractivity contribution in [1.29, 1.82) is 0 Å². The number of para-hydroxylation sites is 1. The van der Waals surface area contributed by atoms with Gasteiger partial charge in [-0.15, -0.1) is 0 Å². The van der Waals surface area contributed by atoms with E-state index in [-0.39, 0.29) is 24.7 Å². The van der Waals surface area contributed by atoms with E-state index < -0.39 is 23.5 Å². The van der Waals surface area contributed by atoms with E-state index in [1.54, 1.807) is 45.1 Å². The van der Waals surface area contributed by atoms with Gasteiger partial charge in [-0.3, -0.25) is 9.59 Å². The first-order chi connectivity index (χ1) is 16.0. The molecule has 6 heteroatoms. The predicted octanol–water partition coefficient (Wildman–Crippen LogP) is 6.09. The molecule has 0 radical (unpaired) electrons. The third-order valence-corrected chi connectivity index (χ3v) is 5.27. The highest BCUT2D eigenvalue weighted by molar-refractivity contribution is 6.01. The zero-order chi connectivity index (χ0) is 25.0. The van der Waals surface area contributed by atoms with Crippen LogP contribution in [-0.4, -0.2) is 33.1 Å². The van der Waals surface area contributed by atoms with Crippen molar-refractivity contribution in [1.82, 2.24) is 4.57 Å². The Morgan fingerprint density at radius 1 is 1.09 bits per heavy atom. The Bertz CT molecular complexity index is 1200. The standard InChI is InChI=1S/C28H32FNO4/c1-18(2)30-24-9-7-6-8-23(24)27(19-10-12-20(29)13-11-19)25(30)15-14-21(31)16-22(32)17-26(33)34-28(3,4)5/h6-15,18,21,31H,16-17H2,1-5H3. The van der Waals surface area contributed by atoms with Crippen LogP contribution >= 0.6 is 0 Å². The molecule has 0 amide bonds. The van der Waals surface area contributed by atoms with E-state index in [1.807, 2.05) is 24.3 Å². The number of hydrogen-bond acceptors (Lipinski definition) is 4. The number of aliphatic hydroxyl groups excluding tert-OH is 1. The molecule has 180 valence electrons. The van der Waals surface area contributed by atoms with Gasteiger partial charge in [-0.2, -0.15) is 0 Å². The van der Waals surface area contributed by atoms with Gasteiger partial charge < -0.3 is 14.4 Å². The molecule has 0 aliphatic rings. The van der Waals surface area contributed by atoms with Crippen molar-refractivity contribution in [3.63, 3.8) is 0 Å². The first-order valence-corrected chi connectivity index (χ1v) is 11.4. The maximum atomic E-state index is 13.6. The molecule has 34 heavy (non-hydrogen) atoms. The SMILES string of the molecule is CC(C)n1c(C=CC(O)CC(=O)CC(=O)OC(C)(C)C)c(-c2ccc(F)cc2)c2ccccc21. The number of nitrogens with zero attached hydrogens (tertiary/aromatic N) is 1. The van der Waals surface area contributed by atoms with Crippen LogP contribution in [0, 0.1) is 5.82 Å². The van der Waals surface area contributed by atoms with Crippen molar-refractivity contribution in [2.24, 2.45) is 0 Å². The highest BCUT2D eigenvalue weighted by atomic mass is 19.1. The first-order valence-electron chi connectivity index (χ1n) is 11.4. The number of fused-ring (bicyclic) bond motifs is 1. The Hall–Kier alpha value is -3.25. The maximum absolute atomic E-state index is 13.6. The molecule has 2 aromatic carbocycles. The molecule has 0 saturated heterocycles. The molecule has 0 aliphatic carbocycles. The number of benzene rings is 2. The smallest absolute Gasteiger partial charge is 0.313 e. The molecule has 1 aromatic heterocycles. The number of ether oxygens (including phenoxy) is 1. The lowest BCUT2D eigenvalue weighted by molar-refractivity contribution is -0.156. The van der Waals surface area contributed by atoms with E-state index >= 15 is 0 Å². The van der Waals surface area contributed by atoms with Gasteiger partial charge in [0.2, 0.25) is 0 Å². The molecule has 0 fully saturated rings. The molecule has 0 saturated carbocycles. The van der Waals surface area contributed by atoms with E-state index in [2.05, 4.69) is 18.4 Å². The van der Waals surface area contributed by atoms with Crippen LogP contribution in [0.2, 0.25) is 0 Å². The Kier molecular flexibility index (Phi) is 7.72. The fourth-order valence-electron chi connectivity index (χ4n) is 4.04. The number of ketones is 1. The van der Waals surface area contributed by atoms with E-state index in [9.17, 15) is 19.1 Å². The third kappa shape index (κ3) is 6.20. The van der Waals surface area contributed by atoms with Crippen molar-refractivity contribution in [3.05, 3.63) is 66.1 Å². The van der Waals surface area contributed by atoms with Gasteiger partial charge in [0, 0.05) is 34.6 Å². The number of Topliss-reactive ketones (excluding diaryl/α,β-unsaturated/α-hetero) is 1. The van der Waals surface area contributed by atoms with Crippen molar-refractivity contribution in [2.75, 3.05) is 0 Å². The molecule has 0 spiro atoms. The van der Waals surface area contributed by atoms with Gasteiger partial charge >= 0.3 is 5.97 Å². The molecule has 0 aliphatic heterocycles. The summed E-state index contributed by atoms with van der Waals surface area (Å²) >= 11 is 0. The number of rotatable bonds is 8. The molecule has 5 nitrogen and oxygen atoms in total. The number of aromatic nitrogens is 1. The van der Waals surface area contributed by atoms with Crippen LogP contribution in [0.5, 0.6) is 0 Å². The predicted molar refractivity (Wildman–Crippen MR) is 133 cm³/mol. The van der Waals surface area contributed by atoms with E-state index in [1.165, 1.54) is 12.1 Å². The van der Waals surface area contributed by atoms with E-state index in [0.717, 1.165) is 27.7 Å². The Morgan fingerprint density at radius 3 is 2.35 bits per heavy atom. The van der Waals surface area contributed by atoms with Gasteiger partial charge in [0.1, 0.15) is 23.6 Å². The van der Waals surface area contributed by atoms with Crippen LogP contribution in [0.25, 0.3) is 28.1 Å². The zero-order valence-electron chi connectivity index (χ0n) is 20.3. The Labute approximate surface area is 199 Å². The summed E-state index contributed by atoms with van der Waals surface area (Å²) in [6.07, 6.45) is 1.73. The maximum Gasteiger partial charge on any atom is 0.313 e. The number of hydrogen-bond donors (Lipinski definition) is 1. The minimum absolute atomic E-state index is 0.115. The lowest BCUT2D eigenvalue weighted by Gasteiger charge is -2.19. The van der Waals surface area contributed by atoms with Gasteiger partial charge in [-0.25, -0.2) is 4.39 Å². The molecule has 1 unspecified atom stereocenters.